The fraction of sp³-hybridized carbons (Fsp3) is 0.174. The lowest BCUT2D eigenvalue weighted by Gasteiger charge is -2.30. The number of benzene rings is 3. The van der Waals surface area contributed by atoms with Crippen molar-refractivity contribution in [1.82, 2.24) is 0 Å². The number of ether oxygens (including phenoxy) is 1. The van der Waals surface area contributed by atoms with Gasteiger partial charge in [-0.1, -0.05) is 78.4 Å². The third-order valence-corrected chi connectivity index (χ3v) is 4.80. The third kappa shape index (κ3) is 3.14. The highest BCUT2D eigenvalue weighted by Gasteiger charge is 2.40. The quantitative estimate of drug-likeness (QED) is 0.638. The Morgan fingerprint density at radius 2 is 1.50 bits per heavy atom. The van der Waals surface area contributed by atoms with Gasteiger partial charge < -0.3 is 9.64 Å². The molecule has 0 N–H and O–H groups in total. The van der Waals surface area contributed by atoms with Crippen LogP contribution in [0.2, 0.25) is 0 Å². The van der Waals surface area contributed by atoms with Crippen LogP contribution in [0.3, 0.4) is 0 Å². The number of carbonyl (C=O) groups is 1. The maximum Gasteiger partial charge on any atom is 0.212 e. The molecule has 0 bridgehead atoms. The molecule has 1 heterocycles. The van der Waals surface area contributed by atoms with Crippen LogP contribution in [0, 0.1) is 6.92 Å². The number of nitrogens with zero attached hydrogens (tertiary/aromatic N) is 1. The molecule has 1 fully saturated rings. The van der Waals surface area contributed by atoms with E-state index in [-0.39, 0.29) is 11.8 Å². The lowest BCUT2D eigenvalue weighted by molar-refractivity contribution is 0.0643. The van der Waals surface area contributed by atoms with Crippen molar-refractivity contribution in [2.45, 2.75) is 19.2 Å². The molecule has 0 amide bonds. The van der Waals surface area contributed by atoms with Crippen molar-refractivity contribution >= 4 is 11.5 Å². The molecule has 3 aromatic rings. The van der Waals surface area contributed by atoms with Crippen molar-refractivity contribution in [1.29, 1.82) is 0 Å². The minimum absolute atomic E-state index is 0.00962. The topological polar surface area (TPSA) is 29.5 Å². The number of anilines is 1. The van der Waals surface area contributed by atoms with Gasteiger partial charge in [-0.2, -0.15) is 0 Å². The second-order valence-corrected chi connectivity index (χ2v) is 6.59. The average molecular weight is 343 g/mol. The molecule has 0 spiro atoms. The van der Waals surface area contributed by atoms with E-state index in [1.807, 2.05) is 48.5 Å². The maximum absolute atomic E-state index is 13.1. The Morgan fingerprint density at radius 1 is 0.885 bits per heavy atom. The zero-order valence-corrected chi connectivity index (χ0v) is 14.7. The normalized spacial score (nSPS) is 19.5. The minimum atomic E-state index is -0.620. The van der Waals surface area contributed by atoms with Gasteiger partial charge in [0.2, 0.25) is 5.78 Å². The van der Waals surface area contributed by atoms with Gasteiger partial charge in [0.05, 0.1) is 12.6 Å². The first kappa shape index (κ1) is 16.6. The first-order chi connectivity index (χ1) is 12.7. The van der Waals surface area contributed by atoms with Gasteiger partial charge in [0.25, 0.3) is 0 Å². The van der Waals surface area contributed by atoms with Crippen LogP contribution < -0.4 is 4.90 Å². The van der Waals surface area contributed by atoms with Gasteiger partial charge >= 0.3 is 0 Å². The molecular weight excluding hydrogens is 322 g/mol. The molecule has 2 unspecified atom stereocenters. The lowest BCUT2D eigenvalue weighted by Crippen LogP contribution is -2.38. The fourth-order valence-electron chi connectivity index (χ4n) is 3.42. The number of aryl methyl sites for hydroxylation is 1. The lowest BCUT2D eigenvalue weighted by atomic mass is 10.0. The van der Waals surface area contributed by atoms with Gasteiger partial charge in [-0.25, -0.2) is 0 Å². The van der Waals surface area contributed by atoms with Gasteiger partial charge in [0, 0.05) is 11.3 Å². The summed E-state index contributed by atoms with van der Waals surface area (Å²) in [4.78, 5) is 15.2. The predicted octanol–water partition coefficient (Wildman–Crippen LogP) is 4.78. The summed E-state index contributed by atoms with van der Waals surface area (Å²) in [6, 6.07) is 27.9. The van der Waals surface area contributed by atoms with Crippen molar-refractivity contribution in [2.24, 2.45) is 0 Å². The molecule has 0 saturated carbocycles. The number of hydrogen-bond acceptors (Lipinski definition) is 3. The van der Waals surface area contributed by atoms with E-state index in [2.05, 4.69) is 48.2 Å². The number of Topliss-reactive ketones (excluding diaryl/α,β-unsaturated/α-hetero) is 1. The van der Waals surface area contributed by atoms with Crippen molar-refractivity contribution in [2.75, 3.05) is 11.5 Å². The summed E-state index contributed by atoms with van der Waals surface area (Å²) in [5.74, 6) is -0.00962. The van der Waals surface area contributed by atoms with Crippen LogP contribution in [0.15, 0.2) is 84.9 Å². The fourth-order valence-corrected chi connectivity index (χ4v) is 3.42. The molecule has 1 aliphatic rings. The number of ketones is 1. The molecule has 4 rings (SSSR count). The van der Waals surface area contributed by atoms with E-state index in [1.54, 1.807) is 0 Å². The van der Waals surface area contributed by atoms with Gasteiger partial charge in [0.15, 0.2) is 6.23 Å². The third-order valence-electron chi connectivity index (χ3n) is 4.80. The minimum Gasteiger partial charge on any atom is -0.348 e. The van der Waals surface area contributed by atoms with Crippen LogP contribution in [-0.2, 0) is 4.74 Å². The smallest absolute Gasteiger partial charge is 0.212 e. The largest absolute Gasteiger partial charge is 0.348 e. The molecule has 3 nitrogen and oxygen atoms in total. The van der Waals surface area contributed by atoms with E-state index in [4.69, 9.17) is 4.74 Å². The monoisotopic (exact) mass is 343 g/mol. The molecule has 0 radical (unpaired) electrons. The van der Waals surface area contributed by atoms with Crippen LogP contribution in [0.25, 0.3) is 0 Å². The molecule has 2 atom stereocenters. The summed E-state index contributed by atoms with van der Waals surface area (Å²) in [6.07, 6.45) is -0.620. The van der Waals surface area contributed by atoms with Crippen LogP contribution in [-0.4, -0.2) is 18.6 Å². The summed E-state index contributed by atoms with van der Waals surface area (Å²) < 4.78 is 6.01. The van der Waals surface area contributed by atoms with E-state index in [9.17, 15) is 4.79 Å². The van der Waals surface area contributed by atoms with Crippen molar-refractivity contribution in [3.63, 3.8) is 0 Å². The molecule has 3 heteroatoms. The maximum atomic E-state index is 13.1. The highest BCUT2D eigenvalue weighted by molar-refractivity contribution is 6.01. The summed E-state index contributed by atoms with van der Waals surface area (Å²) in [5, 5.41) is 0. The summed E-state index contributed by atoms with van der Waals surface area (Å²) in [5.41, 5.74) is 4.01. The Bertz CT molecular complexity index is 875. The summed E-state index contributed by atoms with van der Waals surface area (Å²) in [6.45, 7) is 2.55. The summed E-state index contributed by atoms with van der Waals surface area (Å²) >= 11 is 0. The molecule has 130 valence electrons. The van der Waals surface area contributed by atoms with Crippen molar-refractivity contribution in [3.05, 3.63) is 102 Å². The Labute approximate surface area is 153 Å². The van der Waals surface area contributed by atoms with Crippen molar-refractivity contribution in [3.8, 4) is 0 Å². The van der Waals surface area contributed by atoms with Gasteiger partial charge in [-0.05, 0) is 24.6 Å². The second kappa shape index (κ2) is 7.14. The Hall–Kier alpha value is -2.91. The van der Waals surface area contributed by atoms with E-state index in [0.29, 0.717) is 12.2 Å². The van der Waals surface area contributed by atoms with E-state index < -0.39 is 6.23 Å². The first-order valence-corrected chi connectivity index (χ1v) is 8.85. The molecule has 1 saturated heterocycles. The van der Waals surface area contributed by atoms with Gasteiger partial charge in [-0.3, -0.25) is 4.79 Å². The van der Waals surface area contributed by atoms with Gasteiger partial charge in [0.1, 0.15) is 0 Å². The van der Waals surface area contributed by atoms with E-state index in [0.717, 1.165) is 11.3 Å². The molecular formula is C23H21NO2. The predicted molar refractivity (Wildman–Crippen MR) is 103 cm³/mol. The average Bonchev–Trinajstić information content (AvgIpc) is 3.14. The van der Waals surface area contributed by atoms with Crippen molar-refractivity contribution < 1.29 is 9.53 Å². The highest BCUT2D eigenvalue weighted by atomic mass is 16.5. The highest BCUT2D eigenvalue weighted by Crippen LogP contribution is 2.36. The Morgan fingerprint density at radius 3 is 2.15 bits per heavy atom. The van der Waals surface area contributed by atoms with E-state index >= 15 is 0 Å². The molecule has 0 aliphatic carbocycles. The van der Waals surface area contributed by atoms with Crippen LogP contribution in [0.4, 0.5) is 5.69 Å². The molecule has 0 aromatic heterocycles. The number of carbonyl (C=O) groups excluding carboxylic acids is 1. The SMILES string of the molecule is Cc1ccc(N2C(C(=O)c3ccccc3)OCC2c2ccccc2)cc1. The first-order valence-electron chi connectivity index (χ1n) is 8.85. The molecule has 26 heavy (non-hydrogen) atoms. The molecule has 3 aromatic carbocycles. The number of hydrogen-bond donors (Lipinski definition) is 0. The summed E-state index contributed by atoms with van der Waals surface area (Å²) in [7, 11) is 0. The van der Waals surface area contributed by atoms with Crippen LogP contribution >= 0.6 is 0 Å². The Balaban J connectivity index is 1.74. The van der Waals surface area contributed by atoms with Gasteiger partial charge in [-0.15, -0.1) is 0 Å². The zero-order chi connectivity index (χ0) is 17.9. The Kier molecular flexibility index (Phi) is 4.55. The van der Waals surface area contributed by atoms with E-state index in [1.165, 1.54) is 5.56 Å². The standard InChI is InChI=1S/C23H21NO2/c1-17-12-14-20(15-13-17)24-21(18-8-4-2-5-9-18)16-26-23(24)22(25)19-10-6-3-7-11-19/h2-15,21,23H,16H2,1H3. The molecule has 1 aliphatic heterocycles. The zero-order valence-electron chi connectivity index (χ0n) is 14.7. The van der Waals surface area contributed by atoms with Crippen LogP contribution in [0.1, 0.15) is 27.5 Å². The number of rotatable bonds is 4. The van der Waals surface area contributed by atoms with Crippen LogP contribution in [0.5, 0.6) is 0 Å². The second-order valence-electron chi connectivity index (χ2n) is 6.59.